The number of carboxylic acid groups (broad SMARTS) is 1. The van der Waals surface area contributed by atoms with Gasteiger partial charge in [-0.1, -0.05) is 52.0 Å². The summed E-state index contributed by atoms with van der Waals surface area (Å²) in [6.07, 6.45) is 0.512. The number of amides is 2. The number of piperidine rings is 1. The van der Waals surface area contributed by atoms with Gasteiger partial charge in [0.15, 0.2) is 5.76 Å². The van der Waals surface area contributed by atoms with Gasteiger partial charge in [0.2, 0.25) is 0 Å². The van der Waals surface area contributed by atoms with E-state index in [9.17, 15) is 22.8 Å². The fourth-order valence-electron chi connectivity index (χ4n) is 5.56. The quantitative estimate of drug-likeness (QED) is 0.232. The Balaban J connectivity index is 0.000000771. The Kier molecular flexibility index (Phi) is 13.2. The van der Waals surface area contributed by atoms with E-state index in [-0.39, 0.29) is 17.2 Å². The number of hydrogen-bond acceptors (Lipinski definition) is 5. The predicted molar refractivity (Wildman–Crippen MR) is 176 cm³/mol. The van der Waals surface area contributed by atoms with Crippen LogP contribution in [0.25, 0.3) is 0 Å². The lowest BCUT2D eigenvalue weighted by Crippen LogP contribution is -2.44. The molecule has 2 amide bonds. The molecule has 1 saturated heterocycles. The highest BCUT2D eigenvalue weighted by atomic mass is 19.4. The lowest BCUT2D eigenvalue weighted by molar-refractivity contribution is -0.192. The number of aliphatic carboxylic acids is 1. The van der Waals surface area contributed by atoms with Crippen molar-refractivity contribution in [2.45, 2.75) is 77.9 Å². The molecule has 1 aromatic heterocycles. The zero-order chi connectivity index (χ0) is 34.8. The fraction of sp³-hybridized carbons (Fsp3) is 0.472. The van der Waals surface area contributed by atoms with Gasteiger partial charge in [0.1, 0.15) is 0 Å². The summed E-state index contributed by atoms with van der Waals surface area (Å²) in [6.45, 7) is 14.7. The number of alkyl halides is 3. The van der Waals surface area contributed by atoms with E-state index in [1.54, 1.807) is 18.4 Å². The average Bonchev–Trinajstić information content (AvgIpc) is 3.56. The van der Waals surface area contributed by atoms with Crippen molar-refractivity contribution in [2.75, 3.05) is 31.5 Å². The summed E-state index contributed by atoms with van der Waals surface area (Å²) in [5.41, 5.74) is 3.98. The Morgan fingerprint density at radius 2 is 1.66 bits per heavy atom. The Hall–Kier alpha value is -4.12. The fourth-order valence-corrected chi connectivity index (χ4v) is 5.56. The van der Waals surface area contributed by atoms with Crippen molar-refractivity contribution in [1.82, 2.24) is 9.80 Å². The van der Waals surface area contributed by atoms with Crippen molar-refractivity contribution in [3.8, 4) is 0 Å². The first-order valence-electron chi connectivity index (χ1n) is 16.0. The molecule has 0 radical (unpaired) electrons. The molecule has 1 atom stereocenters. The van der Waals surface area contributed by atoms with Crippen molar-refractivity contribution >= 4 is 23.5 Å². The van der Waals surface area contributed by atoms with Crippen LogP contribution in [-0.2, 0) is 16.6 Å². The monoisotopic (exact) mass is 657 g/mol. The van der Waals surface area contributed by atoms with E-state index in [0.717, 1.165) is 57.5 Å². The van der Waals surface area contributed by atoms with Gasteiger partial charge in [-0.2, -0.15) is 13.2 Å². The number of nitrogens with zero attached hydrogens (tertiary/aromatic N) is 2. The van der Waals surface area contributed by atoms with Gasteiger partial charge < -0.3 is 24.6 Å². The third-order valence-corrected chi connectivity index (χ3v) is 8.23. The largest absolute Gasteiger partial charge is 0.490 e. The standard InChI is InChI=1S/C34H45N3O3.C2HF3O2/c1-6-18-37(24-26-16-19-36(20-17-26)33(39)31-11-8-21-40-31)25(2)22-27-9-7-10-30(23-27)35-32(38)28-12-14-29(15-13-28)34(3,4)5;3-2(4,5)1(6)7/h7-15,21,23,25-26H,6,16-20,22,24H2,1-5H3,(H,35,38);(H,6,7). The van der Waals surface area contributed by atoms with Crippen LogP contribution in [0.15, 0.2) is 71.3 Å². The van der Waals surface area contributed by atoms with E-state index in [1.165, 1.54) is 11.1 Å². The molecule has 0 spiro atoms. The van der Waals surface area contributed by atoms with Crippen LogP contribution in [-0.4, -0.2) is 71.1 Å². The van der Waals surface area contributed by atoms with Crippen LogP contribution < -0.4 is 5.32 Å². The Morgan fingerprint density at radius 3 is 2.19 bits per heavy atom. The maximum absolute atomic E-state index is 12.9. The Labute approximate surface area is 274 Å². The molecule has 47 heavy (non-hydrogen) atoms. The Bertz CT molecular complexity index is 1440. The minimum atomic E-state index is -5.08. The molecule has 0 saturated carbocycles. The van der Waals surface area contributed by atoms with E-state index in [4.69, 9.17) is 14.3 Å². The van der Waals surface area contributed by atoms with Gasteiger partial charge in [-0.15, -0.1) is 0 Å². The summed E-state index contributed by atoms with van der Waals surface area (Å²) >= 11 is 0. The summed E-state index contributed by atoms with van der Waals surface area (Å²) in [4.78, 5) is 38.9. The van der Waals surface area contributed by atoms with Crippen molar-refractivity contribution in [3.63, 3.8) is 0 Å². The molecular weight excluding hydrogens is 611 g/mol. The second-order valence-electron chi connectivity index (χ2n) is 13.0. The highest BCUT2D eigenvalue weighted by molar-refractivity contribution is 6.04. The first-order valence-corrected chi connectivity index (χ1v) is 16.0. The minimum Gasteiger partial charge on any atom is -0.475 e. The first kappa shape index (κ1) is 37.3. The highest BCUT2D eigenvalue weighted by Crippen LogP contribution is 2.24. The van der Waals surface area contributed by atoms with Crippen LogP contribution in [0.5, 0.6) is 0 Å². The van der Waals surface area contributed by atoms with Crippen LogP contribution in [0, 0.1) is 5.92 Å². The molecule has 0 aliphatic carbocycles. The summed E-state index contributed by atoms with van der Waals surface area (Å²) in [7, 11) is 0. The first-order chi connectivity index (χ1) is 22.1. The van der Waals surface area contributed by atoms with E-state index >= 15 is 0 Å². The number of hydrogen-bond donors (Lipinski definition) is 2. The van der Waals surface area contributed by atoms with E-state index in [2.05, 4.69) is 57.0 Å². The molecule has 11 heteroatoms. The van der Waals surface area contributed by atoms with E-state index in [0.29, 0.717) is 23.3 Å². The summed E-state index contributed by atoms with van der Waals surface area (Å²) in [5.74, 6) is -1.85. The summed E-state index contributed by atoms with van der Waals surface area (Å²) in [5, 5.41) is 10.2. The summed E-state index contributed by atoms with van der Waals surface area (Å²) < 4.78 is 37.0. The maximum atomic E-state index is 12.9. The molecule has 256 valence electrons. The van der Waals surface area contributed by atoms with Crippen LogP contribution in [0.3, 0.4) is 0 Å². The lowest BCUT2D eigenvalue weighted by atomic mass is 9.87. The number of carbonyl (C=O) groups excluding carboxylic acids is 2. The zero-order valence-electron chi connectivity index (χ0n) is 27.8. The minimum absolute atomic E-state index is 0.00359. The van der Waals surface area contributed by atoms with Crippen LogP contribution in [0.4, 0.5) is 18.9 Å². The van der Waals surface area contributed by atoms with Gasteiger partial charge in [-0.05, 0) is 98.0 Å². The van der Waals surface area contributed by atoms with E-state index < -0.39 is 12.1 Å². The average molecular weight is 658 g/mol. The number of carboxylic acids is 1. The Morgan fingerprint density at radius 1 is 1.02 bits per heavy atom. The molecule has 2 aromatic carbocycles. The van der Waals surface area contributed by atoms with E-state index in [1.807, 2.05) is 41.3 Å². The number of anilines is 1. The molecule has 2 N–H and O–H groups in total. The number of rotatable bonds is 10. The molecule has 1 fully saturated rings. The van der Waals surface area contributed by atoms with Crippen molar-refractivity contribution < 1.29 is 37.1 Å². The number of furan rings is 1. The van der Waals surface area contributed by atoms with Crippen LogP contribution in [0.2, 0.25) is 0 Å². The molecule has 1 aliphatic rings. The number of halogens is 3. The maximum Gasteiger partial charge on any atom is 0.490 e. The zero-order valence-corrected chi connectivity index (χ0v) is 27.8. The molecule has 1 aliphatic heterocycles. The van der Waals surface area contributed by atoms with Gasteiger partial charge in [-0.25, -0.2) is 4.79 Å². The molecule has 1 unspecified atom stereocenters. The number of nitrogens with one attached hydrogen (secondary N) is 1. The number of carbonyl (C=O) groups is 3. The topological polar surface area (TPSA) is 103 Å². The third-order valence-electron chi connectivity index (χ3n) is 8.23. The lowest BCUT2D eigenvalue weighted by Gasteiger charge is -2.37. The number of likely N-dealkylation sites (tertiary alicyclic amines) is 1. The van der Waals surface area contributed by atoms with Crippen molar-refractivity contribution in [2.24, 2.45) is 5.92 Å². The molecule has 0 bridgehead atoms. The van der Waals surface area contributed by atoms with Gasteiger partial charge in [0, 0.05) is 36.9 Å². The second-order valence-corrected chi connectivity index (χ2v) is 13.0. The highest BCUT2D eigenvalue weighted by Gasteiger charge is 2.38. The predicted octanol–water partition coefficient (Wildman–Crippen LogP) is 7.66. The molecule has 2 heterocycles. The van der Waals surface area contributed by atoms with Crippen LogP contribution >= 0.6 is 0 Å². The summed E-state index contributed by atoms with van der Waals surface area (Å²) in [6, 6.07) is 20.0. The van der Waals surface area contributed by atoms with Gasteiger partial charge >= 0.3 is 12.1 Å². The molecular formula is C36H46F3N3O5. The van der Waals surface area contributed by atoms with Gasteiger partial charge in [0.25, 0.3) is 11.8 Å². The molecule has 4 rings (SSSR count). The molecule has 8 nitrogen and oxygen atoms in total. The number of benzene rings is 2. The van der Waals surface area contributed by atoms with Crippen molar-refractivity contribution in [3.05, 3.63) is 89.4 Å². The molecule has 3 aromatic rings. The second kappa shape index (κ2) is 16.6. The SMILES string of the molecule is CCCN(CC1CCN(C(=O)c2ccco2)CC1)C(C)Cc1cccc(NC(=O)c2ccc(C(C)(C)C)cc2)c1.O=C(O)C(F)(F)F. The smallest absolute Gasteiger partial charge is 0.475 e. The normalized spacial score (nSPS) is 14.7. The van der Waals surface area contributed by atoms with Crippen molar-refractivity contribution in [1.29, 1.82) is 0 Å². The van der Waals surface area contributed by atoms with Crippen LogP contribution in [0.1, 0.15) is 85.9 Å². The van der Waals surface area contributed by atoms with Gasteiger partial charge in [0.05, 0.1) is 6.26 Å². The van der Waals surface area contributed by atoms with Gasteiger partial charge in [-0.3, -0.25) is 9.59 Å². The third kappa shape index (κ3) is 11.6.